The van der Waals surface area contributed by atoms with Crippen molar-refractivity contribution in [2.75, 3.05) is 7.11 Å². The number of carbonyl (C=O) groups is 1. The molecule has 0 aliphatic carbocycles. The fourth-order valence-corrected chi connectivity index (χ4v) is 1.03. The molecule has 0 saturated heterocycles. The molecular weight excluding hydrogens is 180 g/mol. The molecular formula is C10H14N2O2. The molecule has 0 spiro atoms. The van der Waals surface area contributed by atoms with Crippen molar-refractivity contribution in [2.45, 2.75) is 19.5 Å². The van der Waals surface area contributed by atoms with Gasteiger partial charge >= 0.3 is 5.97 Å². The summed E-state index contributed by atoms with van der Waals surface area (Å²) in [6.45, 7) is 2.41. The monoisotopic (exact) mass is 194 g/mol. The molecule has 0 bridgehead atoms. The Morgan fingerprint density at radius 1 is 1.57 bits per heavy atom. The number of esters is 1. The lowest BCUT2D eigenvalue weighted by molar-refractivity contribution is -0.142. The summed E-state index contributed by atoms with van der Waals surface area (Å²) < 4.78 is 4.59. The van der Waals surface area contributed by atoms with E-state index in [-0.39, 0.29) is 12.0 Å². The van der Waals surface area contributed by atoms with Gasteiger partial charge in [0.1, 0.15) is 6.04 Å². The zero-order chi connectivity index (χ0) is 10.4. The maximum absolute atomic E-state index is 11.0. The topological polar surface area (TPSA) is 51.2 Å². The summed E-state index contributed by atoms with van der Waals surface area (Å²) in [5.41, 5.74) is 1.09. The van der Waals surface area contributed by atoms with Crippen molar-refractivity contribution < 1.29 is 9.53 Å². The van der Waals surface area contributed by atoms with E-state index in [1.54, 1.807) is 19.3 Å². The minimum Gasteiger partial charge on any atom is -0.468 e. The van der Waals surface area contributed by atoms with Crippen LogP contribution in [0.4, 0.5) is 0 Å². The SMILES string of the molecule is COC(=O)[C@H](C)NCc1ccncc1. The van der Waals surface area contributed by atoms with Crippen LogP contribution >= 0.6 is 0 Å². The largest absolute Gasteiger partial charge is 0.468 e. The maximum Gasteiger partial charge on any atom is 0.322 e. The lowest BCUT2D eigenvalue weighted by atomic mass is 10.2. The standard InChI is InChI=1S/C10H14N2O2/c1-8(10(13)14-2)12-7-9-3-5-11-6-4-9/h3-6,8,12H,7H2,1-2H3/t8-/m0/s1. The summed E-state index contributed by atoms with van der Waals surface area (Å²) in [5.74, 6) is -0.251. The molecule has 1 heterocycles. The molecule has 1 N–H and O–H groups in total. The first-order valence-electron chi connectivity index (χ1n) is 4.44. The molecule has 4 heteroatoms. The first kappa shape index (κ1) is 10.7. The second-order valence-electron chi connectivity index (χ2n) is 2.98. The summed E-state index contributed by atoms with van der Waals surface area (Å²) in [5, 5.41) is 3.05. The first-order valence-corrected chi connectivity index (χ1v) is 4.44. The molecule has 1 aromatic rings. The van der Waals surface area contributed by atoms with E-state index in [4.69, 9.17) is 0 Å². The zero-order valence-electron chi connectivity index (χ0n) is 8.36. The number of hydrogen-bond acceptors (Lipinski definition) is 4. The van der Waals surface area contributed by atoms with E-state index in [0.29, 0.717) is 6.54 Å². The van der Waals surface area contributed by atoms with Gasteiger partial charge in [0, 0.05) is 18.9 Å². The molecule has 0 fully saturated rings. The van der Waals surface area contributed by atoms with Crippen LogP contribution in [0.5, 0.6) is 0 Å². The van der Waals surface area contributed by atoms with E-state index in [9.17, 15) is 4.79 Å². The molecule has 1 rings (SSSR count). The number of nitrogens with zero attached hydrogens (tertiary/aromatic N) is 1. The molecule has 0 aliphatic heterocycles. The molecule has 0 aliphatic rings. The van der Waals surface area contributed by atoms with Gasteiger partial charge in [0.15, 0.2) is 0 Å². The van der Waals surface area contributed by atoms with Crippen molar-refractivity contribution in [1.82, 2.24) is 10.3 Å². The van der Waals surface area contributed by atoms with Crippen molar-refractivity contribution in [3.05, 3.63) is 30.1 Å². The van der Waals surface area contributed by atoms with Crippen LogP contribution in [0.2, 0.25) is 0 Å². The Bertz CT molecular complexity index is 287. The second-order valence-corrected chi connectivity index (χ2v) is 2.98. The second kappa shape index (κ2) is 5.34. The van der Waals surface area contributed by atoms with E-state index in [1.807, 2.05) is 12.1 Å². The van der Waals surface area contributed by atoms with Gasteiger partial charge in [-0.2, -0.15) is 0 Å². The van der Waals surface area contributed by atoms with Gasteiger partial charge < -0.3 is 10.1 Å². The minimum absolute atomic E-state index is 0.251. The number of aromatic nitrogens is 1. The number of methoxy groups -OCH3 is 1. The maximum atomic E-state index is 11.0. The number of pyridine rings is 1. The third-order valence-electron chi connectivity index (χ3n) is 1.92. The van der Waals surface area contributed by atoms with Crippen LogP contribution in [-0.2, 0) is 16.1 Å². The highest BCUT2D eigenvalue weighted by atomic mass is 16.5. The molecule has 0 aromatic carbocycles. The van der Waals surface area contributed by atoms with E-state index in [2.05, 4.69) is 15.0 Å². The Balaban J connectivity index is 2.38. The van der Waals surface area contributed by atoms with E-state index in [0.717, 1.165) is 5.56 Å². The predicted molar refractivity (Wildman–Crippen MR) is 52.6 cm³/mol. The van der Waals surface area contributed by atoms with Crippen LogP contribution in [0.15, 0.2) is 24.5 Å². The minimum atomic E-state index is -0.284. The number of nitrogens with one attached hydrogen (secondary N) is 1. The van der Waals surface area contributed by atoms with Gasteiger partial charge in [-0.15, -0.1) is 0 Å². The third kappa shape index (κ3) is 3.14. The Morgan fingerprint density at radius 2 is 2.21 bits per heavy atom. The molecule has 1 aromatic heterocycles. The summed E-state index contributed by atoms with van der Waals surface area (Å²) in [6.07, 6.45) is 3.44. The smallest absolute Gasteiger partial charge is 0.322 e. The summed E-state index contributed by atoms with van der Waals surface area (Å²) >= 11 is 0. The average molecular weight is 194 g/mol. The number of rotatable bonds is 4. The molecule has 0 amide bonds. The number of ether oxygens (including phenoxy) is 1. The van der Waals surface area contributed by atoms with E-state index >= 15 is 0 Å². The van der Waals surface area contributed by atoms with Crippen molar-refractivity contribution >= 4 is 5.97 Å². The molecule has 76 valence electrons. The van der Waals surface area contributed by atoms with Crippen LogP contribution in [0.3, 0.4) is 0 Å². The highest BCUT2D eigenvalue weighted by molar-refractivity contribution is 5.75. The van der Waals surface area contributed by atoms with Crippen LogP contribution in [-0.4, -0.2) is 24.1 Å². The molecule has 0 radical (unpaired) electrons. The van der Waals surface area contributed by atoms with Gasteiger partial charge in [0.25, 0.3) is 0 Å². The fourth-order valence-electron chi connectivity index (χ4n) is 1.03. The average Bonchev–Trinajstić information content (AvgIpc) is 2.26. The van der Waals surface area contributed by atoms with Crippen molar-refractivity contribution in [3.63, 3.8) is 0 Å². The predicted octanol–water partition coefficient (Wildman–Crippen LogP) is 0.733. The number of hydrogen-bond donors (Lipinski definition) is 1. The summed E-state index contributed by atoms with van der Waals surface area (Å²) in [6, 6.07) is 3.52. The zero-order valence-corrected chi connectivity index (χ0v) is 8.36. The van der Waals surface area contributed by atoms with Gasteiger partial charge in [-0.1, -0.05) is 0 Å². The van der Waals surface area contributed by atoms with Gasteiger partial charge in [-0.25, -0.2) is 0 Å². The summed E-state index contributed by atoms with van der Waals surface area (Å²) in [4.78, 5) is 14.9. The first-order chi connectivity index (χ1) is 6.74. The van der Waals surface area contributed by atoms with Crippen molar-refractivity contribution in [3.8, 4) is 0 Å². The Labute approximate surface area is 83.3 Å². The van der Waals surface area contributed by atoms with Gasteiger partial charge in [0.2, 0.25) is 0 Å². The van der Waals surface area contributed by atoms with Crippen LogP contribution in [0, 0.1) is 0 Å². The van der Waals surface area contributed by atoms with Crippen LogP contribution < -0.4 is 5.32 Å². The normalized spacial score (nSPS) is 12.1. The molecule has 1 atom stereocenters. The lowest BCUT2D eigenvalue weighted by Crippen LogP contribution is -2.34. The van der Waals surface area contributed by atoms with Crippen molar-refractivity contribution in [2.24, 2.45) is 0 Å². The molecule has 14 heavy (non-hydrogen) atoms. The highest BCUT2D eigenvalue weighted by Gasteiger charge is 2.11. The van der Waals surface area contributed by atoms with Crippen molar-refractivity contribution in [1.29, 1.82) is 0 Å². The third-order valence-corrected chi connectivity index (χ3v) is 1.92. The van der Waals surface area contributed by atoms with Crippen LogP contribution in [0.1, 0.15) is 12.5 Å². The quantitative estimate of drug-likeness (QED) is 0.718. The van der Waals surface area contributed by atoms with Crippen LogP contribution in [0.25, 0.3) is 0 Å². The van der Waals surface area contributed by atoms with E-state index in [1.165, 1.54) is 7.11 Å². The van der Waals surface area contributed by atoms with Gasteiger partial charge in [-0.05, 0) is 24.6 Å². The lowest BCUT2D eigenvalue weighted by Gasteiger charge is -2.10. The fraction of sp³-hybridized carbons (Fsp3) is 0.400. The summed E-state index contributed by atoms with van der Waals surface area (Å²) in [7, 11) is 1.38. The Kier molecular flexibility index (Phi) is 4.07. The van der Waals surface area contributed by atoms with Gasteiger partial charge in [0.05, 0.1) is 7.11 Å². The molecule has 4 nitrogen and oxygen atoms in total. The molecule has 0 saturated carbocycles. The van der Waals surface area contributed by atoms with E-state index < -0.39 is 0 Å². The Morgan fingerprint density at radius 3 is 2.79 bits per heavy atom. The highest BCUT2D eigenvalue weighted by Crippen LogP contribution is 1.96. The molecule has 0 unspecified atom stereocenters. The number of carbonyl (C=O) groups excluding carboxylic acids is 1. The Hall–Kier alpha value is -1.42. The van der Waals surface area contributed by atoms with Gasteiger partial charge in [-0.3, -0.25) is 9.78 Å².